The predicted octanol–water partition coefficient (Wildman–Crippen LogP) is 3.45. The molecule has 11 heteroatoms. The number of aryl methyl sites for hydroxylation is 1. The Hall–Kier alpha value is -0.830. The van der Waals surface area contributed by atoms with E-state index in [0.29, 0.717) is 5.01 Å². The summed E-state index contributed by atoms with van der Waals surface area (Å²) in [5.41, 5.74) is -3.03. The second kappa shape index (κ2) is 5.36. The number of alkyl halides is 6. The summed E-state index contributed by atoms with van der Waals surface area (Å²) in [7, 11) is 0. The topological polar surface area (TPSA) is 61.6 Å². The Morgan fingerprint density at radius 1 is 1.23 bits per heavy atom. The van der Waals surface area contributed by atoms with E-state index in [9.17, 15) is 18.3 Å². The molecule has 1 aromatic rings. The fourth-order valence-electron chi connectivity index (χ4n) is 1.94. The molecule has 0 fully saturated rings. The maximum Gasteiger partial charge on any atom is 0.438 e. The van der Waals surface area contributed by atoms with Crippen LogP contribution in [-0.4, -0.2) is 32.7 Å². The van der Waals surface area contributed by atoms with Gasteiger partial charge in [0.2, 0.25) is 9.74 Å². The third-order valence-electron chi connectivity index (χ3n) is 2.90. The quantitative estimate of drug-likeness (QED) is 0.762. The van der Waals surface area contributed by atoms with Gasteiger partial charge in [-0.1, -0.05) is 34.8 Å². The highest BCUT2D eigenvalue weighted by molar-refractivity contribution is 6.66. The average Bonchev–Trinajstić information content (AvgIpc) is 2.63. The van der Waals surface area contributed by atoms with E-state index in [-0.39, 0.29) is 17.1 Å². The number of anilines is 1. The Labute approximate surface area is 138 Å². The lowest BCUT2D eigenvalue weighted by molar-refractivity contribution is -0.254. The summed E-state index contributed by atoms with van der Waals surface area (Å²) < 4.78 is 37.6. The summed E-state index contributed by atoms with van der Waals surface area (Å²) in [6, 6.07) is 1.32. The summed E-state index contributed by atoms with van der Waals surface area (Å²) in [6.45, 7) is 2.84. The third-order valence-corrected chi connectivity index (χ3v) is 3.48. The van der Waals surface area contributed by atoms with Crippen LogP contribution in [-0.2, 0) is 3.79 Å². The van der Waals surface area contributed by atoms with Crippen LogP contribution >= 0.6 is 34.8 Å². The fraction of sp³-hybridized carbons (Fsp3) is 0.545. The van der Waals surface area contributed by atoms with Crippen molar-refractivity contribution in [2.24, 2.45) is 5.10 Å². The molecule has 0 aromatic carbocycles. The van der Waals surface area contributed by atoms with Gasteiger partial charge in [0.15, 0.2) is 0 Å². The number of hydrazone groups is 1. The SMILES string of the molecule is CC1=NN(c2nc(C)cc(C(Cl)(Cl)Cl)n2)C(O)(C(F)(F)F)C1. The molecule has 1 N–H and O–H groups in total. The van der Waals surface area contributed by atoms with E-state index in [1.807, 2.05) is 0 Å². The number of hydrogen-bond acceptors (Lipinski definition) is 5. The van der Waals surface area contributed by atoms with E-state index in [1.165, 1.54) is 19.9 Å². The van der Waals surface area contributed by atoms with Crippen LogP contribution in [0.5, 0.6) is 0 Å². The summed E-state index contributed by atoms with van der Waals surface area (Å²) in [6.07, 6.45) is -5.70. The van der Waals surface area contributed by atoms with Crippen molar-refractivity contribution in [2.75, 3.05) is 5.01 Å². The van der Waals surface area contributed by atoms with Crippen molar-refractivity contribution in [3.63, 3.8) is 0 Å². The molecule has 1 aromatic heterocycles. The van der Waals surface area contributed by atoms with E-state index in [2.05, 4.69) is 15.1 Å². The van der Waals surface area contributed by atoms with Crippen LogP contribution in [0.25, 0.3) is 0 Å². The molecule has 0 amide bonds. The van der Waals surface area contributed by atoms with Crippen LogP contribution in [0.1, 0.15) is 24.7 Å². The molecule has 1 atom stereocenters. The van der Waals surface area contributed by atoms with E-state index in [0.717, 1.165) is 0 Å². The van der Waals surface area contributed by atoms with Gasteiger partial charge in [-0.3, -0.25) is 0 Å². The molecular formula is C11H10Cl3F3N4O. The molecule has 5 nitrogen and oxygen atoms in total. The average molecular weight is 378 g/mol. The van der Waals surface area contributed by atoms with Gasteiger partial charge >= 0.3 is 6.18 Å². The lowest BCUT2D eigenvalue weighted by Gasteiger charge is -2.32. The van der Waals surface area contributed by atoms with Gasteiger partial charge in [0.25, 0.3) is 5.72 Å². The standard InChI is InChI=1S/C11H10Cl3F3N4O/c1-5-3-7(10(12,13)14)19-8(18-5)21-9(22,11(15,16)17)4-6(2)20-21/h3,22H,4H2,1-2H3. The van der Waals surface area contributed by atoms with Gasteiger partial charge in [-0.15, -0.1) is 0 Å². The molecule has 0 spiro atoms. The van der Waals surface area contributed by atoms with Gasteiger partial charge in [-0.05, 0) is 19.9 Å². The summed E-state index contributed by atoms with van der Waals surface area (Å²) in [5.74, 6) is -0.502. The molecule has 0 saturated heterocycles. The fourth-order valence-corrected chi connectivity index (χ4v) is 2.23. The summed E-state index contributed by atoms with van der Waals surface area (Å²) in [5, 5.41) is 14.0. The number of nitrogens with zero attached hydrogens (tertiary/aromatic N) is 4. The monoisotopic (exact) mass is 376 g/mol. The highest BCUT2D eigenvalue weighted by Crippen LogP contribution is 2.43. The first-order chi connectivity index (χ1) is 9.84. The molecular weight excluding hydrogens is 368 g/mol. The van der Waals surface area contributed by atoms with Gasteiger partial charge in [-0.2, -0.15) is 23.3 Å². The van der Waals surface area contributed by atoms with Crippen molar-refractivity contribution in [3.05, 3.63) is 17.5 Å². The van der Waals surface area contributed by atoms with Gasteiger partial charge in [0.05, 0.1) is 5.69 Å². The van der Waals surface area contributed by atoms with Crippen LogP contribution in [0.4, 0.5) is 19.1 Å². The van der Waals surface area contributed by atoms with Crippen molar-refractivity contribution in [1.29, 1.82) is 0 Å². The van der Waals surface area contributed by atoms with E-state index in [1.54, 1.807) is 0 Å². The lowest BCUT2D eigenvalue weighted by Crippen LogP contribution is -2.55. The van der Waals surface area contributed by atoms with Gasteiger partial charge in [-0.25, -0.2) is 9.97 Å². The zero-order valence-electron chi connectivity index (χ0n) is 11.3. The molecule has 0 aliphatic carbocycles. The molecule has 1 aliphatic rings. The normalized spacial score (nSPS) is 23.0. The van der Waals surface area contributed by atoms with E-state index >= 15 is 0 Å². The molecule has 0 saturated carbocycles. The second-order valence-electron chi connectivity index (χ2n) is 4.83. The molecule has 0 bridgehead atoms. The van der Waals surface area contributed by atoms with Gasteiger partial charge < -0.3 is 5.11 Å². The Bertz CT molecular complexity index is 632. The van der Waals surface area contributed by atoms with Crippen molar-refractivity contribution < 1.29 is 18.3 Å². The largest absolute Gasteiger partial charge is 0.438 e. The lowest BCUT2D eigenvalue weighted by atomic mass is 10.1. The minimum absolute atomic E-state index is 0.0698. The van der Waals surface area contributed by atoms with Crippen LogP contribution in [0, 0.1) is 6.92 Å². The van der Waals surface area contributed by atoms with Gasteiger partial charge in [0, 0.05) is 17.8 Å². The number of aromatic nitrogens is 2. The first-order valence-electron chi connectivity index (χ1n) is 5.91. The smallest absolute Gasteiger partial charge is 0.362 e. The molecule has 1 aliphatic heterocycles. The van der Waals surface area contributed by atoms with Crippen LogP contribution < -0.4 is 5.01 Å². The van der Waals surface area contributed by atoms with E-state index in [4.69, 9.17) is 34.8 Å². The van der Waals surface area contributed by atoms with Crippen molar-refractivity contribution in [1.82, 2.24) is 9.97 Å². The minimum Gasteiger partial charge on any atom is -0.362 e. The first-order valence-corrected chi connectivity index (χ1v) is 7.04. The van der Waals surface area contributed by atoms with Crippen molar-refractivity contribution >= 4 is 46.5 Å². The summed E-state index contributed by atoms with van der Waals surface area (Å²) in [4.78, 5) is 7.63. The van der Waals surface area contributed by atoms with Crippen LogP contribution in [0.2, 0.25) is 0 Å². The molecule has 122 valence electrons. The molecule has 1 unspecified atom stereocenters. The zero-order valence-corrected chi connectivity index (χ0v) is 13.6. The maximum atomic E-state index is 13.2. The van der Waals surface area contributed by atoms with Crippen molar-refractivity contribution in [3.8, 4) is 0 Å². The second-order valence-corrected chi connectivity index (χ2v) is 7.11. The number of rotatable bonds is 1. The highest BCUT2D eigenvalue weighted by Gasteiger charge is 2.62. The first kappa shape index (κ1) is 17.5. The number of aliphatic hydroxyl groups is 1. The summed E-state index contributed by atoms with van der Waals surface area (Å²) >= 11 is 17.1. The molecule has 2 heterocycles. The number of halogens is 6. The maximum absolute atomic E-state index is 13.2. The predicted molar refractivity (Wildman–Crippen MR) is 77.2 cm³/mol. The van der Waals surface area contributed by atoms with Crippen molar-refractivity contribution in [2.45, 2.75) is 36.0 Å². The molecule has 0 radical (unpaired) electrons. The van der Waals surface area contributed by atoms with Crippen LogP contribution in [0.3, 0.4) is 0 Å². The zero-order chi connectivity index (χ0) is 16.9. The Morgan fingerprint density at radius 3 is 2.32 bits per heavy atom. The molecule has 2 rings (SSSR count). The van der Waals surface area contributed by atoms with E-state index < -0.39 is 28.1 Å². The number of hydrogen-bond donors (Lipinski definition) is 1. The Kier molecular flexibility index (Phi) is 4.27. The third kappa shape index (κ3) is 3.10. The highest BCUT2D eigenvalue weighted by atomic mass is 35.6. The van der Waals surface area contributed by atoms with Crippen LogP contribution in [0.15, 0.2) is 11.2 Å². The Morgan fingerprint density at radius 2 is 1.82 bits per heavy atom. The molecule has 22 heavy (non-hydrogen) atoms. The van der Waals surface area contributed by atoms with Gasteiger partial charge in [0.1, 0.15) is 0 Å². The Balaban J connectivity index is 2.57. The minimum atomic E-state index is -4.97.